The molecular formula is C23H22FNO3S. The maximum atomic E-state index is 14.5. The highest BCUT2D eigenvalue weighted by Gasteiger charge is 2.11. The van der Waals surface area contributed by atoms with Gasteiger partial charge in [-0.15, -0.1) is 0 Å². The van der Waals surface area contributed by atoms with Crippen LogP contribution < -0.4 is 5.32 Å². The molecule has 0 saturated carbocycles. The van der Waals surface area contributed by atoms with Gasteiger partial charge in [-0.25, -0.2) is 4.39 Å². The molecule has 0 radical (unpaired) electrons. The average Bonchev–Trinajstić information content (AvgIpc) is 2.68. The second kappa shape index (κ2) is 9.01. The fourth-order valence-corrected chi connectivity index (χ4v) is 3.97. The number of nitrogens with one attached hydrogen (secondary N) is 1. The molecule has 0 aliphatic heterocycles. The molecule has 2 N–H and O–H groups in total. The Balaban J connectivity index is 1.77. The Hall–Kier alpha value is -2.99. The van der Waals surface area contributed by atoms with Gasteiger partial charge in [0.2, 0.25) is 0 Å². The van der Waals surface area contributed by atoms with E-state index in [2.05, 4.69) is 5.32 Å². The summed E-state index contributed by atoms with van der Waals surface area (Å²) in [5.74, 6) is -1.81. The summed E-state index contributed by atoms with van der Waals surface area (Å²) in [4.78, 5) is 11.1. The number of hydrogen-bond acceptors (Lipinski definition) is 3. The molecule has 3 aromatic carbocycles. The maximum Gasteiger partial charge on any atom is 0.316 e. The molecular weight excluding hydrogens is 389 g/mol. The summed E-state index contributed by atoms with van der Waals surface area (Å²) in [7, 11) is -1.58. The Morgan fingerprint density at radius 3 is 2.34 bits per heavy atom. The van der Waals surface area contributed by atoms with E-state index in [-0.39, 0.29) is 5.82 Å². The van der Waals surface area contributed by atoms with E-state index >= 15 is 0 Å². The van der Waals surface area contributed by atoms with Gasteiger partial charge in [-0.2, -0.15) is 0 Å². The van der Waals surface area contributed by atoms with Crippen LogP contribution in [0.5, 0.6) is 0 Å². The Morgan fingerprint density at radius 1 is 1.00 bits per heavy atom. The van der Waals surface area contributed by atoms with Crippen molar-refractivity contribution in [3.8, 4) is 11.1 Å². The molecule has 3 aromatic rings. The van der Waals surface area contributed by atoms with Crippen molar-refractivity contribution < 1.29 is 18.5 Å². The van der Waals surface area contributed by atoms with Crippen molar-refractivity contribution in [2.45, 2.75) is 25.3 Å². The van der Waals surface area contributed by atoms with Gasteiger partial charge >= 0.3 is 5.97 Å². The molecule has 1 atom stereocenters. The number of rotatable bonds is 7. The molecule has 0 fully saturated rings. The lowest BCUT2D eigenvalue weighted by molar-refractivity contribution is -0.133. The maximum absolute atomic E-state index is 14.5. The minimum Gasteiger partial charge on any atom is -0.481 e. The van der Waals surface area contributed by atoms with Gasteiger partial charge in [-0.1, -0.05) is 24.3 Å². The molecule has 0 heterocycles. The number of halogens is 1. The predicted octanol–water partition coefficient (Wildman–Crippen LogP) is 4.91. The highest BCUT2D eigenvalue weighted by molar-refractivity contribution is 7.85. The van der Waals surface area contributed by atoms with E-state index in [1.165, 1.54) is 0 Å². The van der Waals surface area contributed by atoms with E-state index in [0.29, 0.717) is 17.0 Å². The zero-order chi connectivity index (χ0) is 21.0. The van der Waals surface area contributed by atoms with Gasteiger partial charge in [0.15, 0.2) is 0 Å². The number of anilines is 1. The molecule has 29 heavy (non-hydrogen) atoms. The van der Waals surface area contributed by atoms with Gasteiger partial charge in [-0.3, -0.25) is 9.00 Å². The van der Waals surface area contributed by atoms with Crippen LogP contribution in [0.1, 0.15) is 16.7 Å². The molecule has 3 rings (SSSR count). The fraction of sp³-hybridized carbons (Fsp3) is 0.174. The molecule has 0 spiro atoms. The van der Waals surface area contributed by atoms with Crippen LogP contribution in [-0.4, -0.2) is 21.0 Å². The first-order valence-corrected chi connectivity index (χ1v) is 10.5. The topological polar surface area (TPSA) is 66.4 Å². The van der Waals surface area contributed by atoms with Gasteiger partial charge in [0.25, 0.3) is 0 Å². The van der Waals surface area contributed by atoms with E-state index in [0.717, 1.165) is 27.9 Å². The first kappa shape index (κ1) is 20.7. The number of carboxylic acid groups (broad SMARTS) is 1. The zero-order valence-electron chi connectivity index (χ0n) is 16.2. The van der Waals surface area contributed by atoms with Crippen LogP contribution in [0.25, 0.3) is 11.1 Å². The lowest BCUT2D eigenvalue weighted by Crippen LogP contribution is -2.09. The summed E-state index contributed by atoms with van der Waals surface area (Å²) >= 11 is 0. The van der Waals surface area contributed by atoms with Crippen LogP contribution in [-0.2, 0) is 22.1 Å². The van der Waals surface area contributed by atoms with Gasteiger partial charge in [0.1, 0.15) is 11.6 Å². The summed E-state index contributed by atoms with van der Waals surface area (Å²) in [6.45, 7) is 4.23. The van der Waals surface area contributed by atoms with Crippen molar-refractivity contribution in [1.82, 2.24) is 0 Å². The van der Waals surface area contributed by atoms with Crippen molar-refractivity contribution in [2.24, 2.45) is 0 Å². The van der Waals surface area contributed by atoms with Crippen LogP contribution in [0.4, 0.5) is 10.1 Å². The molecule has 1 unspecified atom stereocenters. The summed E-state index contributed by atoms with van der Waals surface area (Å²) in [6.07, 6.45) is 0. The largest absolute Gasteiger partial charge is 0.481 e. The molecule has 0 aliphatic rings. The van der Waals surface area contributed by atoms with Crippen LogP contribution >= 0.6 is 0 Å². The van der Waals surface area contributed by atoms with Crippen LogP contribution in [0.3, 0.4) is 0 Å². The summed E-state index contributed by atoms with van der Waals surface area (Å²) in [6, 6.07) is 18.1. The van der Waals surface area contributed by atoms with E-state index in [9.17, 15) is 13.4 Å². The fourth-order valence-electron chi connectivity index (χ4n) is 3.14. The Labute approximate surface area is 171 Å². The second-order valence-corrected chi connectivity index (χ2v) is 8.29. The van der Waals surface area contributed by atoms with Crippen molar-refractivity contribution in [3.05, 3.63) is 83.2 Å². The van der Waals surface area contributed by atoms with E-state index in [1.807, 2.05) is 44.2 Å². The first-order chi connectivity index (χ1) is 13.8. The normalized spacial score (nSPS) is 11.8. The number of carbonyl (C=O) groups is 1. The summed E-state index contributed by atoms with van der Waals surface area (Å²) in [5, 5.41) is 11.9. The van der Waals surface area contributed by atoms with Crippen molar-refractivity contribution in [2.75, 3.05) is 11.1 Å². The van der Waals surface area contributed by atoms with Gasteiger partial charge < -0.3 is 10.4 Å². The Kier molecular flexibility index (Phi) is 6.44. The van der Waals surface area contributed by atoms with Crippen LogP contribution in [0.15, 0.2) is 65.6 Å². The number of benzene rings is 3. The summed E-state index contributed by atoms with van der Waals surface area (Å²) < 4.78 is 26.4. The van der Waals surface area contributed by atoms with Gasteiger partial charge in [0, 0.05) is 22.7 Å². The van der Waals surface area contributed by atoms with Gasteiger partial charge in [-0.05, 0) is 72.5 Å². The van der Waals surface area contributed by atoms with Crippen LogP contribution in [0, 0.1) is 19.7 Å². The third-order valence-corrected chi connectivity index (χ3v) is 5.99. The molecule has 0 saturated heterocycles. The molecule has 150 valence electrons. The monoisotopic (exact) mass is 411 g/mol. The minimum absolute atomic E-state index is 0.272. The number of aliphatic carboxylic acids is 1. The van der Waals surface area contributed by atoms with Crippen molar-refractivity contribution in [3.63, 3.8) is 0 Å². The highest BCUT2D eigenvalue weighted by atomic mass is 32.2. The third-order valence-electron chi connectivity index (χ3n) is 4.68. The third kappa shape index (κ3) is 5.09. The van der Waals surface area contributed by atoms with Gasteiger partial charge in [0.05, 0.1) is 10.8 Å². The zero-order valence-corrected chi connectivity index (χ0v) is 17.1. The lowest BCUT2D eigenvalue weighted by atomic mass is 9.94. The molecule has 0 aliphatic carbocycles. The van der Waals surface area contributed by atoms with Crippen molar-refractivity contribution in [1.29, 1.82) is 0 Å². The molecule has 4 nitrogen and oxygen atoms in total. The first-order valence-electron chi connectivity index (χ1n) is 9.14. The Bertz CT molecular complexity index is 1060. The quantitative estimate of drug-likeness (QED) is 0.580. The minimum atomic E-state index is -1.58. The molecule has 0 amide bonds. The van der Waals surface area contributed by atoms with E-state index < -0.39 is 22.5 Å². The Morgan fingerprint density at radius 2 is 1.69 bits per heavy atom. The smallest absolute Gasteiger partial charge is 0.316 e. The number of aryl methyl sites for hydroxylation is 2. The summed E-state index contributed by atoms with van der Waals surface area (Å²) in [5.41, 5.74) is 5.37. The average molecular weight is 411 g/mol. The lowest BCUT2D eigenvalue weighted by Gasteiger charge is -2.14. The molecule has 0 aromatic heterocycles. The molecule has 6 heteroatoms. The predicted molar refractivity (Wildman–Crippen MR) is 114 cm³/mol. The van der Waals surface area contributed by atoms with E-state index in [4.69, 9.17) is 5.11 Å². The van der Waals surface area contributed by atoms with E-state index in [1.54, 1.807) is 30.3 Å². The second-order valence-electron chi connectivity index (χ2n) is 6.83. The standard InChI is InChI=1S/C23H22FNO3S/c1-15-5-3-4-6-20(15)21-12-17(22(24)11-16(21)2)13-25-18-7-9-19(10-8-18)29(28)14-23(26)27/h3-12,25H,13-14H2,1-2H3,(H,26,27). The highest BCUT2D eigenvalue weighted by Crippen LogP contribution is 2.29. The number of carboxylic acids is 1. The van der Waals surface area contributed by atoms with Crippen LogP contribution in [0.2, 0.25) is 0 Å². The number of hydrogen-bond donors (Lipinski definition) is 2. The molecule has 0 bridgehead atoms. The SMILES string of the molecule is Cc1ccccc1-c1cc(CNc2ccc(S(=O)CC(=O)O)cc2)c(F)cc1C. The van der Waals surface area contributed by atoms with Crippen molar-refractivity contribution >= 4 is 22.5 Å².